The molecule has 0 amide bonds. The van der Waals surface area contributed by atoms with Crippen LogP contribution in [0.5, 0.6) is 5.75 Å². The largest absolute Gasteiger partial charge is 0.496 e. The second-order valence-electron chi connectivity index (χ2n) is 7.18. The van der Waals surface area contributed by atoms with Crippen LogP contribution in [-0.4, -0.2) is 12.1 Å². The maximum atomic E-state index is 13.8. The highest BCUT2D eigenvalue weighted by Gasteiger charge is 2.18. The second kappa shape index (κ2) is 6.45. The second-order valence-corrected chi connectivity index (χ2v) is 7.18. The topological polar surface area (TPSA) is 48.1 Å². The van der Waals surface area contributed by atoms with Gasteiger partial charge in [0.25, 0.3) is 0 Å². The summed E-state index contributed by atoms with van der Waals surface area (Å²) in [7, 11) is 1.58. The molecule has 0 aliphatic rings. The summed E-state index contributed by atoms with van der Waals surface area (Å²) in [4.78, 5) is 4.53. The molecule has 1 heterocycles. The molecule has 3 rings (SSSR count). The molecule has 4 heteroatoms. The van der Waals surface area contributed by atoms with Crippen molar-refractivity contribution in [3.63, 3.8) is 0 Å². The Kier molecular flexibility index (Phi) is 4.48. The summed E-state index contributed by atoms with van der Waals surface area (Å²) in [5, 5.41) is 1.99. The van der Waals surface area contributed by atoms with Gasteiger partial charge in [0.05, 0.1) is 12.8 Å². The van der Waals surface area contributed by atoms with Crippen LogP contribution < -0.4 is 10.5 Å². The lowest BCUT2D eigenvalue weighted by molar-refractivity contribution is 0.415. The minimum atomic E-state index is -0.307. The fraction of sp³-hybridized carbons (Fsp3) is 0.286. The van der Waals surface area contributed by atoms with Gasteiger partial charge in [-0.15, -0.1) is 0 Å². The van der Waals surface area contributed by atoms with Crippen molar-refractivity contribution in [1.82, 2.24) is 4.98 Å². The fourth-order valence-electron chi connectivity index (χ4n) is 3.03. The van der Waals surface area contributed by atoms with E-state index in [1.807, 2.05) is 0 Å². The Bertz CT molecular complexity index is 929. The zero-order chi connectivity index (χ0) is 18.2. The maximum absolute atomic E-state index is 13.8. The van der Waals surface area contributed by atoms with Crippen molar-refractivity contribution in [3.8, 4) is 16.9 Å². The highest BCUT2D eigenvalue weighted by molar-refractivity contribution is 5.99. The van der Waals surface area contributed by atoms with Crippen LogP contribution in [0.3, 0.4) is 0 Å². The monoisotopic (exact) mass is 338 g/mol. The summed E-state index contributed by atoms with van der Waals surface area (Å²) < 4.78 is 19.3. The molecule has 0 saturated carbocycles. The molecule has 0 saturated heterocycles. The van der Waals surface area contributed by atoms with Gasteiger partial charge in [-0.2, -0.15) is 0 Å². The van der Waals surface area contributed by atoms with Crippen LogP contribution in [0, 0.1) is 5.82 Å². The number of nitrogens with zero attached hydrogens (tertiary/aromatic N) is 1. The van der Waals surface area contributed by atoms with Gasteiger partial charge in [-0.25, -0.2) is 4.39 Å². The lowest BCUT2D eigenvalue weighted by Gasteiger charge is -2.21. The summed E-state index contributed by atoms with van der Waals surface area (Å²) >= 11 is 0. The lowest BCUT2D eigenvalue weighted by atomic mass is 9.85. The Morgan fingerprint density at radius 1 is 1.04 bits per heavy atom. The van der Waals surface area contributed by atoms with E-state index < -0.39 is 0 Å². The van der Waals surface area contributed by atoms with Gasteiger partial charge < -0.3 is 10.5 Å². The predicted molar refractivity (Wildman–Crippen MR) is 100 cm³/mol. The molecule has 0 aliphatic carbocycles. The molecule has 130 valence electrons. The first-order valence-corrected chi connectivity index (χ1v) is 8.31. The van der Waals surface area contributed by atoms with Crippen molar-refractivity contribution in [2.24, 2.45) is 5.73 Å². The van der Waals surface area contributed by atoms with Gasteiger partial charge in [-0.1, -0.05) is 32.9 Å². The standard InChI is InChI=1S/C21H23FN2O/c1-21(2,3)13-5-7-15-16(9-13)19(11-23)24-12-18(15)17-10-14(22)6-8-20(17)25-4/h5-10,12H,11,23H2,1-4H3. The Labute approximate surface area is 147 Å². The number of nitrogens with two attached hydrogens (primary N) is 1. The zero-order valence-corrected chi connectivity index (χ0v) is 15.1. The summed E-state index contributed by atoms with van der Waals surface area (Å²) in [6, 6.07) is 10.8. The normalized spacial score (nSPS) is 11.8. The van der Waals surface area contributed by atoms with E-state index in [1.54, 1.807) is 19.4 Å². The molecular formula is C21H23FN2O. The first-order valence-electron chi connectivity index (χ1n) is 8.31. The quantitative estimate of drug-likeness (QED) is 0.746. The smallest absolute Gasteiger partial charge is 0.126 e. The molecule has 0 radical (unpaired) electrons. The molecule has 0 unspecified atom stereocenters. The van der Waals surface area contributed by atoms with Crippen LogP contribution in [0.4, 0.5) is 4.39 Å². The van der Waals surface area contributed by atoms with E-state index in [-0.39, 0.29) is 11.2 Å². The summed E-state index contributed by atoms with van der Waals surface area (Å²) in [5.41, 5.74) is 9.48. The molecule has 0 aliphatic heterocycles. The van der Waals surface area contributed by atoms with E-state index in [1.165, 1.54) is 17.7 Å². The molecule has 3 aromatic rings. The predicted octanol–water partition coefficient (Wildman–Crippen LogP) is 4.81. The fourth-order valence-corrected chi connectivity index (χ4v) is 3.03. The van der Waals surface area contributed by atoms with Crippen molar-refractivity contribution in [2.75, 3.05) is 7.11 Å². The minimum absolute atomic E-state index is 0.0204. The molecular weight excluding hydrogens is 315 g/mol. The molecule has 0 atom stereocenters. The number of rotatable bonds is 3. The number of halogens is 1. The molecule has 2 aromatic carbocycles. The van der Waals surface area contributed by atoms with Gasteiger partial charge in [0.1, 0.15) is 11.6 Å². The van der Waals surface area contributed by atoms with Gasteiger partial charge in [-0.05, 0) is 40.6 Å². The van der Waals surface area contributed by atoms with Crippen LogP contribution in [0.15, 0.2) is 42.6 Å². The van der Waals surface area contributed by atoms with Crippen LogP contribution >= 0.6 is 0 Å². The number of hydrogen-bond acceptors (Lipinski definition) is 3. The Morgan fingerprint density at radius 3 is 2.44 bits per heavy atom. The Balaban J connectivity index is 2.33. The number of benzene rings is 2. The van der Waals surface area contributed by atoms with Crippen LogP contribution in [0.2, 0.25) is 0 Å². The van der Waals surface area contributed by atoms with E-state index >= 15 is 0 Å². The van der Waals surface area contributed by atoms with E-state index in [4.69, 9.17) is 10.5 Å². The average Bonchev–Trinajstić information content (AvgIpc) is 2.59. The number of methoxy groups -OCH3 is 1. The molecule has 0 fully saturated rings. The number of ether oxygens (including phenoxy) is 1. The van der Waals surface area contributed by atoms with Gasteiger partial charge in [0.15, 0.2) is 0 Å². The molecule has 0 bridgehead atoms. The summed E-state index contributed by atoms with van der Waals surface area (Å²) in [6.07, 6.45) is 1.75. The first-order chi connectivity index (χ1) is 11.8. The van der Waals surface area contributed by atoms with Gasteiger partial charge in [0.2, 0.25) is 0 Å². The molecule has 25 heavy (non-hydrogen) atoms. The number of aromatic nitrogens is 1. The SMILES string of the molecule is COc1ccc(F)cc1-c1cnc(CN)c2cc(C(C)(C)C)ccc12. The van der Waals surface area contributed by atoms with Crippen LogP contribution in [-0.2, 0) is 12.0 Å². The third kappa shape index (κ3) is 3.22. The third-order valence-electron chi connectivity index (χ3n) is 4.48. The molecule has 1 aromatic heterocycles. The average molecular weight is 338 g/mol. The van der Waals surface area contributed by atoms with E-state index in [2.05, 4.69) is 44.0 Å². The van der Waals surface area contributed by atoms with Gasteiger partial charge in [0, 0.05) is 29.3 Å². The van der Waals surface area contributed by atoms with Crippen molar-refractivity contribution >= 4 is 10.8 Å². The lowest BCUT2D eigenvalue weighted by Crippen LogP contribution is -2.11. The van der Waals surface area contributed by atoms with Crippen LogP contribution in [0.25, 0.3) is 21.9 Å². The van der Waals surface area contributed by atoms with Crippen molar-refractivity contribution in [1.29, 1.82) is 0 Å². The van der Waals surface area contributed by atoms with E-state index in [0.29, 0.717) is 17.9 Å². The zero-order valence-electron chi connectivity index (χ0n) is 15.1. The Morgan fingerprint density at radius 2 is 1.80 bits per heavy atom. The minimum Gasteiger partial charge on any atom is -0.496 e. The number of pyridine rings is 1. The highest BCUT2D eigenvalue weighted by Crippen LogP contribution is 2.37. The Hall–Kier alpha value is -2.46. The van der Waals surface area contributed by atoms with Crippen molar-refractivity contribution in [3.05, 3.63) is 59.7 Å². The first kappa shape index (κ1) is 17.4. The maximum Gasteiger partial charge on any atom is 0.126 e. The number of fused-ring (bicyclic) bond motifs is 1. The molecule has 2 N–H and O–H groups in total. The number of hydrogen-bond donors (Lipinski definition) is 1. The third-order valence-corrected chi connectivity index (χ3v) is 4.48. The van der Waals surface area contributed by atoms with Crippen molar-refractivity contribution < 1.29 is 9.13 Å². The highest BCUT2D eigenvalue weighted by atomic mass is 19.1. The molecule has 3 nitrogen and oxygen atoms in total. The van der Waals surface area contributed by atoms with E-state index in [0.717, 1.165) is 22.0 Å². The summed E-state index contributed by atoms with van der Waals surface area (Å²) in [5.74, 6) is 0.308. The van der Waals surface area contributed by atoms with Gasteiger partial charge >= 0.3 is 0 Å². The summed E-state index contributed by atoms with van der Waals surface area (Å²) in [6.45, 7) is 6.86. The van der Waals surface area contributed by atoms with Crippen molar-refractivity contribution in [2.45, 2.75) is 32.7 Å². The van der Waals surface area contributed by atoms with Gasteiger partial charge in [-0.3, -0.25) is 4.98 Å². The molecule has 0 spiro atoms. The van der Waals surface area contributed by atoms with Crippen LogP contribution in [0.1, 0.15) is 32.0 Å². The van der Waals surface area contributed by atoms with E-state index in [9.17, 15) is 4.39 Å².